The molecule has 1 aromatic carbocycles. The Balaban J connectivity index is 1.26. The first-order valence-corrected chi connectivity index (χ1v) is 10.3. The average molecular weight is 368 g/mol. The lowest BCUT2D eigenvalue weighted by Gasteiger charge is -2.60. The van der Waals surface area contributed by atoms with E-state index in [0.29, 0.717) is 50.0 Å². The molecule has 4 saturated carbocycles. The minimum absolute atomic E-state index is 0.0480. The second-order valence-corrected chi connectivity index (χ2v) is 9.42. The fraction of sp³-hybridized carbons (Fsp3) is 0.636. The molecule has 1 aliphatic heterocycles. The van der Waals surface area contributed by atoms with Crippen LogP contribution in [0.3, 0.4) is 0 Å². The Hall–Kier alpha value is -1.88. The average Bonchev–Trinajstić information content (AvgIpc) is 2.66. The molecule has 2 atom stereocenters. The summed E-state index contributed by atoms with van der Waals surface area (Å²) in [5.74, 6) is 1.32. The first-order chi connectivity index (χ1) is 13.0. The third-order valence-electron chi connectivity index (χ3n) is 7.36. The highest BCUT2D eigenvalue weighted by atomic mass is 16.3. The SMILES string of the molecule is O=C(c1ccccc1)N1CCN(C(=O)C23CC4CC(CC(O)(C4)C2)C3)CC1. The molecule has 1 heterocycles. The molecule has 5 heteroatoms. The van der Waals surface area contributed by atoms with Gasteiger partial charge in [-0.25, -0.2) is 0 Å². The number of rotatable bonds is 2. The van der Waals surface area contributed by atoms with Crippen LogP contribution < -0.4 is 0 Å². The molecule has 27 heavy (non-hydrogen) atoms. The summed E-state index contributed by atoms with van der Waals surface area (Å²) in [5.41, 5.74) is -0.240. The van der Waals surface area contributed by atoms with Crippen molar-refractivity contribution in [3.63, 3.8) is 0 Å². The highest BCUT2D eigenvalue weighted by Crippen LogP contribution is 2.62. The summed E-state index contributed by atoms with van der Waals surface area (Å²) in [5, 5.41) is 10.9. The van der Waals surface area contributed by atoms with Crippen molar-refractivity contribution in [1.82, 2.24) is 9.80 Å². The topological polar surface area (TPSA) is 60.9 Å². The van der Waals surface area contributed by atoms with Gasteiger partial charge >= 0.3 is 0 Å². The van der Waals surface area contributed by atoms with Crippen molar-refractivity contribution in [2.75, 3.05) is 26.2 Å². The van der Waals surface area contributed by atoms with Gasteiger partial charge in [-0.15, -0.1) is 0 Å². The quantitative estimate of drug-likeness (QED) is 0.871. The lowest BCUT2D eigenvalue weighted by Crippen LogP contribution is -2.62. The van der Waals surface area contributed by atoms with Gasteiger partial charge in [0.15, 0.2) is 0 Å². The fourth-order valence-corrected chi connectivity index (χ4v) is 6.68. The Bertz CT molecular complexity index is 740. The van der Waals surface area contributed by atoms with Crippen LogP contribution in [0, 0.1) is 17.3 Å². The lowest BCUT2D eigenvalue weighted by molar-refractivity contribution is -0.186. The van der Waals surface area contributed by atoms with Gasteiger partial charge in [0.1, 0.15) is 0 Å². The maximum Gasteiger partial charge on any atom is 0.253 e. The van der Waals surface area contributed by atoms with E-state index in [-0.39, 0.29) is 17.2 Å². The number of nitrogens with zero attached hydrogens (tertiary/aromatic N) is 2. The summed E-state index contributed by atoms with van der Waals surface area (Å²) < 4.78 is 0. The largest absolute Gasteiger partial charge is 0.390 e. The number of aliphatic hydroxyl groups is 1. The van der Waals surface area contributed by atoms with Gasteiger partial charge in [-0.2, -0.15) is 0 Å². The Kier molecular flexibility index (Phi) is 3.87. The lowest BCUT2D eigenvalue weighted by atomic mass is 9.47. The zero-order valence-corrected chi connectivity index (χ0v) is 15.8. The number of benzene rings is 1. The zero-order valence-electron chi connectivity index (χ0n) is 15.8. The number of piperazine rings is 1. The highest BCUT2D eigenvalue weighted by molar-refractivity contribution is 5.94. The van der Waals surface area contributed by atoms with Crippen molar-refractivity contribution in [3.05, 3.63) is 35.9 Å². The van der Waals surface area contributed by atoms with Crippen LogP contribution in [0.2, 0.25) is 0 Å². The van der Waals surface area contributed by atoms with Crippen LogP contribution in [0.25, 0.3) is 0 Å². The Labute approximate surface area is 160 Å². The van der Waals surface area contributed by atoms with Crippen molar-refractivity contribution in [1.29, 1.82) is 0 Å². The van der Waals surface area contributed by atoms with Gasteiger partial charge in [-0.3, -0.25) is 9.59 Å². The molecule has 2 unspecified atom stereocenters. The monoisotopic (exact) mass is 368 g/mol. The second-order valence-electron chi connectivity index (χ2n) is 9.42. The van der Waals surface area contributed by atoms with Gasteiger partial charge in [-0.1, -0.05) is 18.2 Å². The number of hydrogen-bond donors (Lipinski definition) is 1. The molecule has 0 radical (unpaired) electrons. The van der Waals surface area contributed by atoms with Crippen molar-refractivity contribution in [2.24, 2.45) is 17.3 Å². The molecule has 2 amide bonds. The van der Waals surface area contributed by atoms with E-state index in [1.165, 1.54) is 6.42 Å². The molecule has 1 aromatic rings. The molecule has 4 aliphatic carbocycles. The van der Waals surface area contributed by atoms with E-state index in [9.17, 15) is 14.7 Å². The maximum atomic E-state index is 13.5. The van der Waals surface area contributed by atoms with Gasteiger partial charge in [0, 0.05) is 31.7 Å². The molecule has 5 fully saturated rings. The van der Waals surface area contributed by atoms with Crippen molar-refractivity contribution >= 4 is 11.8 Å². The molecule has 5 aliphatic rings. The van der Waals surface area contributed by atoms with Crippen LogP contribution in [-0.4, -0.2) is 58.5 Å². The van der Waals surface area contributed by atoms with Gasteiger partial charge in [-0.05, 0) is 62.5 Å². The molecule has 1 N–H and O–H groups in total. The van der Waals surface area contributed by atoms with Gasteiger partial charge in [0.05, 0.1) is 11.0 Å². The van der Waals surface area contributed by atoms with Crippen molar-refractivity contribution < 1.29 is 14.7 Å². The molecule has 5 nitrogen and oxygen atoms in total. The third kappa shape index (κ3) is 2.87. The molecular formula is C22H28N2O3. The summed E-state index contributed by atoms with van der Waals surface area (Å²) >= 11 is 0. The molecule has 1 saturated heterocycles. The molecule has 4 bridgehead atoms. The predicted octanol–water partition coefficient (Wildman–Crippen LogP) is 2.30. The van der Waals surface area contributed by atoms with Gasteiger partial charge in [0.25, 0.3) is 5.91 Å². The summed E-state index contributed by atoms with van der Waals surface area (Å²) in [6.45, 7) is 2.39. The van der Waals surface area contributed by atoms with E-state index in [2.05, 4.69) is 0 Å². The number of hydrogen-bond acceptors (Lipinski definition) is 3. The molecule has 0 spiro atoms. The first-order valence-electron chi connectivity index (χ1n) is 10.3. The summed E-state index contributed by atoms with van der Waals surface area (Å²) in [7, 11) is 0. The molecule has 144 valence electrons. The highest BCUT2D eigenvalue weighted by Gasteiger charge is 2.60. The van der Waals surface area contributed by atoms with E-state index in [1.807, 2.05) is 40.1 Å². The summed E-state index contributed by atoms with van der Waals surface area (Å²) in [4.78, 5) is 29.9. The van der Waals surface area contributed by atoms with Crippen LogP contribution in [0.5, 0.6) is 0 Å². The van der Waals surface area contributed by atoms with Crippen LogP contribution in [0.15, 0.2) is 30.3 Å². The fourth-order valence-electron chi connectivity index (χ4n) is 6.68. The minimum Gasteiger partial charge on any atom is -0.390 e. The van der Waals surface area contributed by atoms with Gasteiger partial charge in [0.2, 0.25) is 5.91 Å². The van der Waals surface area contributed by atoms with Crippen molar-refractivity contribution in [3.8, 4) is 0 Å². The molecule has 0 aromatic heterocycles. The molecular weight excluding hydrogens is 340 g/mol. The van der Waals surface area contributed by atoms with E-state index in [0.717, 1.165) is 25.7 Å². The third-order valence-corrected chi connectivity index (χ3v) is 7.36. The minimum atomic E-state index is -0.606. The van der Waals surface area contributed by atoms with Crippen molar-refractivity contribution in [2.45, 2.75) is 44.1 Å². The van der Waals surface area contributed by atoms with Crippen LogP contribution in [0.4, 0.5) is 0 Å². The maximum absolute atomic E-state index is 13.5. The van der Waals surface area contributed by atoms with E-state index < -0.39 is 5.60 Å². The Morgan fingerprint density at radius 2 is 1.48 bits per heavy atom. The first kappa shape index (κ1) is 17.2. The van der Waals surface area contributed by atoms with Crippen LogP contribution in [-0.2, 0) is 4.79 Å². The summed E-state index contributed by atoms with van der Waals surface area (Å²) in [6.07, 6.45) is 5.52. The molecule has 6 rings (SSSR count). The smallest absolute Gasteiger partial charge is 0.253 e. The van der Waals surface area contributed by atoms with Crippen LogP contribution in [0.1, 0.15) is 48.9 Å². The second kappa shape index (κ2) is 6.06. The Morgan fingerprint density at radius 1 is 0.889 bits per heavy atom. The van der Waals surface area contributed by atoms with E-state index in [1.54, 1.807) is 0 Å². The van der Waals surface area contributed by atoms with Crippen LogP contribution >= 0.6 is 0 Å². The number of carbonyl (C=O) groups excluding carboxylic acids is 2. The summed E-state index contributed by atoms with van der Waals surface area (Å²) in [6, 6.07) is 9.36. The normalized spacial score (nSPS) is 37.5. The standard InChI is InChI=1S/C22H28N2O3/c25-19(18-4-2-1-3-5-18)23-6-8-24(9-7-23)20(26)21-11-16-10-17(12-21)14-22(27,13-16)15-21/h1-5,16-17,27H,6-15H2. The van der Waals surface area contributed by atoms with E-state index in [4.69, 9.17) is 0 Å². The zero-order chi connectivity index (χ0) is 18.6. The van der Waals surface area contributed by atoms with Gasteiger partial charge < -0.3 is 14.9 Å². The number of amides is 2. The van der Waals surface area contributed by atoms with E-state index >= 15 is 0 Å². The number of carbonyl (C=O) groups is 2. The Morgan fingerprint density at radius 3 is 2.07 bits per heavy atom. The predicted molar refractivity (Wildman–Crippen MR) is 101 cm³/mol.